The Hall–Kier alpha value is -5.55. The molecule has 5 aromatic carbocycles. The number of anilines is 4. The summed E-state index contributed by atoms with van der Waals surface area (Å²) in [5.74, 6) is 3.06. The molecule has 0 spiro atoms. The molecule has 3 heterocycles. The summed E-state index contributed by atoms with van der Waals surface area (Å²) in [6, 6.07) is 45.5. The van der Waals surface area contributed by atoms with Crippen LogP contribution in [0.3, 0.4) is 0 Å². The van der Waals surface area contributed by atoms with E-state index in [0.717, 1.165) is 53.5 Å². The Balaban J connectivity index is 1.14. The summed E-state index contributed by atoms with van der Waals surface area (Å²) in [4.78, 5) is 9.64. The van der Waals surface area contributed by atoms with Crippen LogP contribution in [0.25, 0.3) is 27.6 Å². The minimum Gasteiger partial charge on any atom is -0.457 e. The first-order valence-corrected chi connectivity index (χ1v) is 17.8. The van der Waals surface area contributed by atoms with Crippen molar-refractivity contribution in [1.82, 2.24) is 9.55 Å². The van der Waals surface area contributed by atoms with E-state index >= 15 is 0 Å². The fourth-order valence-corrected chi connectivity index (χ4v) is 7.48. The molecule has 0 bridgehead atoms. The van der Waals surface area contributed by atoms with Gasteiger partial charge in [0.1, 0.15) is 24.0 Å². The van der Waals surface area contributed by atoms with Crippen LogP contribution in [0.1, 0.15) is 64.5 Å². The summed E-state index contributed by atoms with van der Waals surface area (Å²) in [6.07, 6.45) is 4.21. The molecule has 0 saturated heterocycles. The highest BCUT2D eigenvalue weighted by atomic mass is 16.5. The average Bonchev–Trinajstić information content (AvgIpc) is 3.68. The molecule has 0 aliphatic carbocycles. The van der Waals surface area contributed by atoms with Gasteiger partial charge in [0.05, 0.1) is 22.4 Å². The number of aromatic nitrogens is 2. The Morgan fingerprint density at radius 3 is 2.04 bits per heavy atom. The number of hydrogen-bond acceptors (Lipinski definition) is 4. The third-order valence-corrected chi connectivity index (χ3v) is 10.2. The van der Waals surface area contributed by atoms with Gasteiger partial charge in [-0.1, -0.05) is 83.1 Å². The van der Waals surface area contributed by atoms with Crippen molar-refractivity contribution in [2.45, 2.75) is 58.8 Å². The molecule has 0 atom stereocenters. The van der Waals surface area contributed by atoms with Crippen LogP contribution >= 0.6 is 0 Å². The fraction of sp³-hybridized carbons (Fsp3) is 0.222. The Morgan fingerprint density at radius 1 is 0.640 bits per heavy atom. The normalized spacial score (nSPS) is 13.1. The zero-order valence-corrected chi connectivity index (χ0v) is 29.6. The van der Waals surface area contributed by atoms with Crippen molar-refractivity contribution >= 4 is 44.6 Å². The molecule has 0 N–H and O–H groups in total. The van der Waals surface area contributed by atoms with E-state index in [9.17, 15) is 0 Å². The summed E-state index contributed by atoms with van der Waals surface area (Å²) in [7, 11) is 0. The Bertz CT molecular complexity index is 2330. The lowest BCUT2D eigenvalue weighted by molar-refractivity contribution is 0.483. The first-order chi connectivity index (χ1) is 24.3. The number of para-hydroxylation sites is 3. The Kier molecular flexibility index (Phi) is 8.07. The standard InChI is InChI=1S/C45H44N4O/c1-6-31(7-2)32-14-12-15-34(26-32)47-30-48(42-21-11-10-20-41(42)47)35-16-13-17-36(28-35)50-37-22-23-39-38-18-8-9-19-40(38)49(43(39)29-37)44-27-33(24-25-46-44)45(3,4)5/h8-29,31H,6-7,30H2,1-5H3. The lowest BCUT2D eigenvalue weighted by Gasteiger charge is -2.24. The third-order valence-electron chi connectivity index (χ3n) is 10.2. The predicted octanol–water partition coefficient (Wildman–Crippen LogP) is 12.4. The summed E-state index contributed by atoms with van der Waals surface area (Å²) in [5.41, 5.74) is 9.58. The molecular weight excluding hydrogens is 613 g/mol. The van der Waals surface area contributed by atoms with Gasteiger partial charge in [-0.15, -0.1) is 0 Å². The second kappa shape index (κ2) is 12.7. The number of pyridine rings is 1. The summed E-state index contributed by atoms with van der Waals surface area (Å²) >= 11 is 0. The molecule has 0 amide bonds. The van der Waals surface area contributed by atoms with E-state index in [4.69, 9.17) is 9.72 Å². The zero-order chi connectivity index (χ0) is 34.4. The second-order valence-corrected chi connectivity index (χ2v) is 14.4. The van der Waals surface area contributed by atoms with Crippen LogP contribution in [0.5, 0.6) is 11.5 Å². The summed E-state index contributed by atoms with van der Waals surface area (Å²) in [6.45, 7) is 12.0. The molecule has 5 nitrogen and oxygen atoms in total. The van der Waals surface area contributed by atoms with Gasteiger partial charge >= 0.3 is 0 Å². The van der Waals surface area contributed by atoms with Crippen molar-refractivity contribution in [3.63, 3.8) is 0 Å². The van der Waals surface area contributed by atoms with Gasteiger partial charge in [0.2, 0.25) is 0 Å². The number of benzene rings is 5. The molecule has 0 unspecified atom stereocenters. The number of fused-ring (bicyclic) bond motifs is 4. The maximum Gasteiger partial charge on any atom is 0.137 e. The van der Waals surface area contributed by atoms with Crippen LogP contribution in [-0.2, 0) is 5.41 Å². The number of nitrogens with zero attached hydrogens (tertiary/aromatic N) is 4. The molecule has 50 heavy (non-hydrogen) atoms. The lowest BCUT2D eigenvalue weighted by Crippen LogP contribution is -2.24. The lowest BCUT2D eigenvalue weighted by atomic mass is 9.88. The van der Waals surface area contributed by atoms with Gasteiger partial charge in [-0.25, -0.2) is 4.98 Å². The average molecular weight is 657 g/mol. The molecule has 0 radical (unpaired) electrons. The minimum atomic E-state index is 0.0137. The minimum absolute atomic E-state index is 0.0137. The van der Waals surface area contributed by atoms with E-state index < -0.39 is 0 Å². The molecular formula is C45H44N4O. The first kappa shape index (κ1) is 31.7. The van der Waals surface area contributed by atoms with Crippen molar-refractivity contribution in [3.05, 3.63) is 145 Å². The molecule has 5 heteroatoms. The largest absolute Gasteiger partial charge is 0.457 e. The maximum atomic E-state index is 6.64. The zero-order valence-electron chi connectivity index (χ0n) is 29.6. The molecule has 8 rings (SSSR count). The van der Waals surface area contributed by atoms with Crippen molar-refractivity contribution in [1.29, 1.82) is 0 Å². The van der Waals surface area contributed by atoms with E-state index in [1.165, 1.54) is 39.0 Å². The van der Waals surface area contributed by atoms with Gasteiger partial charge in [0.15, 0.2) is 0 Å². The smallest absolute Gasteiger partial charge is 0.137 e. The van der Waals surface area contributed by atoms with Crippen molar-refractivity contribution in [3.8, 4) is 17.3 Å². The van der Waals surface area contributed by atoms with Crippen molar-refractivity contribution in [2.75, 3.05) is 16.5 Å². The van der Waals surface area contributed by atoms with Crippen LogP contribution in [0.4, 0.5) is 22.7 Å². The number of rotatable bonds is 8. The highest BCUT2D eigenvalue weighted by Gasteiger charge is 2.28. The predicted molar refractivity (Wildman–Crippen MR) is 209 cm³/mol. The summed E-state index contributed by atoms with van der Waals surface area (Å²) < 4.78 is 8.90. The van der Waals surface area contributed by atoms with Gasteiger partial charge < -0.3 is 14.5 Å². The first-order valence-electron chi connectivity index (χ1n) is 17.8. The highest BCUT2D eigenvalue weighted by molar-refractivity contribution is 6.09. The Morgan fingerprint density at radius 2 is 1.30 bits per heavy atom. The van der Waals surface area contributed by atoms with E-state index in [-0.39, 0.29) is 5.41 Å². The molecule has 1 aliphatic rings. The summed E-state index contributed by atoms with van der Waals surface area (Å²) in [5, 5.41) is 2.37. The second-order valence-electron chi connectivity index (χ2n) is 14.4. The molecule has 0 saturated carbocycles. The van der Waals surface area contributed by atoms with Crippen LogP contribution in [0.15, 0.2) is 134 Å². The topological polar surface area (TPSA) is 33.5 Å². The van der Waals surface area contributed by atoms with Crippen LogP contribution in [0, 0.1) is 0 Å². The molecule has 2 aromatic heterocycles. The number of hydrogen-bond donors (Lipinski definition) is 0. The van der Waals surface area contributed by atoms with Crippen molar-refractivity contribution in [2.24, 2.45) is 0 Å². The quantitative estimate of drug-likeness (QED) is 0.163. The molecule has 0 fully saturated rings. The van der Waals surface area contributed by atoms with Gasteiger partial charge in [0, 0.05) is 40.5 Å². The van der Waals surface area contributed by atoms with E-state index in [0.29, 0.717) is 5.92 Å². The maximum absolute atomic E-state index is 6.64. The number of ether oxygens (including phenoxy) is 1. The van der Waals surface area contributed by atoms with Gasteiger partial charge in [-0.2, -0.15) is 0 Å². The third kappa shape index (κ3) is 5.67. The monoisotopic (exact) mass is 656 g/mol. The Labute approximate surface area is 295 Å². The van der Waals surface area contributed by atoms with Crippen molar-refractivity contribution < 1.29 is 4.74 Å². The van der Waals surface area contributed by atoms with E-state index in [2.05, 4.69) is 170 Å². The van der Waals surface area contributed by atoms with Gasteiger partial charge in [-0.3, -0.25) is 4.57 Å². The SMILES string of the molecule is CCC(CC)c1cccc(N2CN(c3cccc(Oc4ccc5c6ccccc6n(-c6cc(C(C)(C)C)ccn6)c5c4)c3)c3ccccc32)c1. The highest BCUT2D eigenvalue weighted by Crippen LogP contribution is 2.45. The van der Waals surface area contributed by atoms with Crippen LogP contribution in [0.2, 0.25) is 0 Å². The van der Waals surface area contributed by atoms with Crippen LogP contribution in [-0.4, -0.2) is 16.2 Å². The fourth-order valence-electron chi connectivity index (χ4n) is 7.48. The van der Waals surface area contributed by atoms with E-state index in [1.807, 2.05) is 12.3 Å². The van der Waals surface area contributed by atoms with Gasteiger partial charge in [-0.05, 0) is 102 Å². The van der Waals surface area contributed by atoms with Crippen LogP contribution < -0.4 is 14.5 Å². The molecule has 7 aromatic rings. The molecule has 1 aliphatic heterocycles. The van der Waals surface area contributed by atoms with Gasteiger partial charge in [0.25, 0.3) is 0 Å². The van der Waals surface area contributed by atoms with E-state index in [1.54, 1.807) is 0 Å². The molecule has 250 valence electrons.